The van der Waals surface area contributed by atoms with Crippen molar-refractivity contribution in [2.24, 2.45) is 0 Å². The largest absolute Gasteiger partial charge is 0.465 e. The van der Waals surface area contributed by atoms with Gasteiger partial charge in [-0.25, -0.2) is 4.79 Å². The molecule has 2 aromatic rings. The molecule has 4 nitrogen and oxygen atoms in total. The number of nitrogens with zero attached hydrogens (tertiary/aromatic N) is 2. The number of amides is 1. The molecule has 0 aliphatic carbocycles. The van der Waals surface area contributed by atoms with Crippen molar-refractivity contribution in [3.8, 4) is 0 Å². The minimum absolute atomic E-state index is 0.0120. The van der Waals surface area contributed by atoms with Crippen molar-refractivity contribution in [3.63, 3.8) is 0 Å². The van der Waals surface area contributed by atoms with Gasteiger partial charge in [-0.15, -0.1) is 0 Å². The van der Waals surface area contributed by atoms with E-state index >= 15 is 0 Å². The number of rotatable bonds is 3. The summed E-state index contributed by atoms with van der Waals surface area (Å²) in [5, 5.41) is 10.8. The molecule has 1 heterocycles. The topological polar surface area (TPSA) is 43.8 Å². The van der Waals surface area contributed by atoms with E-state index in [0.717, 1.165) is 11.1 Å². The molecule has 0 spiro atoms. The first-order valence-electron chi connectivity index (χ1n) is 8.63. The zero-order chi connectivity index (χ0) is 18.8. The van der Waals surface area contributed by atoms with Crippen LogP contribution in [0.4, 0.5) is 4.79 Å². The highest BCUT2D eigenvalue weighted by Gasteiger charge is 2.36. The zero-order valence-electron chi connectivity index (χ0n) is 14.8. The number of carboxylic acid groups (broad SMARTS) is 1. The molecule has 1 aliphatic heterocycles. The molecule has 2 atom stereocenters. The Kier molecular flexibility index (Phi) is 5.76. The summed E-state index contributed by atoms with van der Waals surface area (Å²) in [5.74, 6) is 0. The molecule has 1 aliphatic rings. The van der Waals surface area contributed by atoms with Gasteiger partial charge in [0.15, 0.2) is 0 Å². The standard InChI is InChI=1S/C20H22Cl2N2O2/c1-13-12-24(20(25)26)14(2)11-23(13)19(15-3-7-17(21)8-4-15)16-5-9-18(22)10-6-16/h3-10,13-14,19H,11-12H2,1-2H3,(H,25,26)/t13-,14+/m1/s1. The Bertz CT molecular complexity index is 719. The smallest absolute Gasteiger partial charge is 0.407 e. The molecule has 0 saturated carbocycles. The van der Waals surface area contributed by atoms with Crippen molar-refractivity contribution in [2.75, 3.05) is 13.1 Å². The second-order valence-electron chi connectivity index (χ2n) is 6.84. The van der Waals surface area contributed by atoms with Crippen LogP contribution in [0.25, 0.3) is 0 Å². The molecule has 3 rings (SSSR count). The highest BCUT2D eigenvalue weighted by atomic mass is 35.5. The lowest BCUT2D eigenvalue weighted by molar-refractivity contribution is 0.0280. The second-order valence-corrected chi connectivity index (χ2v) is 7.71. The van der Waals surface area contributed by atoms with Gasteiger partial charge in [0.2, 0.25) is 0 Å². The maximum atomic E-state index is 11.5. The van der Waals surface area contributed by atoms with Gasteiger partial charge in [0, 0.05) is 35.2 Å². The Morgan fingerprint density at radius 3 is 1.81 bits per heavy atom. The molecule has 138 valence electrons. The molecular weight excluding hydrogens is 371 g/mol. The third kappa shape index (κ3) is 3.98. The third-order valence-electron chi connectivity index (χ3n) is 4.98. The fourth-order valence-electron chi connectivity index (χ4n) is 3.65. The molecule has 0 aromatic heterocycles. The van der Waals surface area contributed by atoms with Crippen molar-refractivity contribution in [1.82, 2.24) is 9.80 Å². The summed E-state index contributed by atoms with van der Waals surface area (Å²) in [5.41, 5.74) is 2.25. The number of piperazine rings is 1. The van der Waals surface area contributed by atoms with Crippen LogP contribution in [-0.4, -0.2) is 46.2 Å². The van der Waals surface area contributed by atoms with E-state index in [1.807, 2.05) is 55.5 Å². The van der Waals surface area contributed by atoms with Crippen molar-refractivity contribution in [1.29, 1.82) is 0 Å². The van der Waals surface area contributed by atoms with E-state index in [2.05, 4.69) is 11.8 Å². The second kappa shape index (κ2) is 7.87. The van der Waals surface area contributed by atoms with Crippen molar-refractivity contribution in [2.45, 2.75) is 32.0 Å². The maximum absolute atomic E-state index is 11.5. The van der Waals surface area contributed by atoms with Gasteiger partial charge < -0.3 is 10.0 Å². The lowest BCUT2D eigenvalue weighted by Gasteiger charge is -2.46. The monoisotopic (exact) mass is 392 g/mol. The predicted octanol–water partition coefficient (Wildman–Crippen LogP) is 5.16. The minimum Gasteiger partial charge on any atom is -0.465 e. The molecule has 0 radical (unpaired) electrons. The molecule has 2 aromatic carbocycles. The van der Waals surface area contributed by atoms with Crippen LogP contribution in [0.2, 0.25) is 10.0 Å². The quantitative estimate of drug-likeness (QED) is 0.784. The molecule has 1 saturated heterocycles. The van der Waals surface area contributed by atoms with Crippen LogP contribution in [0, 0.1) is 0 Å². The Hall–Kier alpha value is -1.75. The minimum atomic E-state index is -0.862. The maximum Gasteiger partial charge on any atom is 0.407 e. The summed E-state index contributed by atoms with van der Waals surface area (Å²) in [7, 11) is 0. The van der Waals surface area contributed by atoms with E-state index in [-0.39, 0.29) is 18.1 Å². The Morgan fingerprint density at radius 1 is 0.923 bits per heavy atom. The number of hydrogen-bond donors (Lipinski definition) is 1. The molecule has 1 N–H and O–H groups in total. The van der Waals surface area contributed by atoms with Crippen molar-refractivity contribution in [3.05, 3.63) is 69.7 Å². The molecule has 26 heavy (non-hydrogen) atoms. The summed E-state index contributed by atoms with van der Waals surface area (Å²) >= 11 is 12.1. The molecular formula is C20H22Cl2N2O2. The van der Waals surface area contributed by atoms with Crippen LogP contribution in [0.3, 0.4) is 0 Å². The van der Waals surface area contributed by atoms with E-state index in [0.29, 0.717) is 23.1 Å². The molecule has 1 amide bonds. The van der Waals surface area contributed by atoms with Gasteiger partial charge in [0.05, 0.1) is 6.04 Å². The molecule has 6 heteroatoms. The zero-order valence-corrected chi connectivity index (χ0v) is 16.3. The lowest BCUT2D eigenvalue weighted by Crippen LogP contribution is -2.58. The van der Waals surface area contributed by atoms with E-state index in [4.69, 9.17) is 23.2 Å². The number of halogens is 2. The normalized spacial score (nSPS) is 21.2. The number of carbonyl (C=O) groups is 1. The van der Waals surface area contributed by atoms with Crippen LogP contribution in [-0.2, 0) is 0 Å². The predicted molar refractivity (Wildman–Crippen MR) is 105 cm³/mol. The SMILES string of the molecule is C[C@@H]1CN(C(=O)O)[C@@H](C)CN1C(c1ccc(Cl)cc1)c1ccc(Cl)cc1. The van der Waals surface area contributed by atoms with Gasteiger partial charge in [0.25, 0.3) is 0 Å². The Labute approximate surface area is 163 Å². The summed E-state index contributed by atoms with van der Waals surface area (Å²) in [6.07, 6.45) is -0.862. The first-order chi connectivity index (χ1) is 12.4. The van der Waals surface area contributed by atoms with Crippen LogP contribution in [0.5, 0.6) is 0 Å². The average molecular weight is 393 g/mol. The highest BCUT2D eigenvalue weighted by molar-refractivity contribution is 6.30. The third-order valence-corrected chi connectivity index (χ3v) is 5.49. The van der Waals surface area contributed by atoms with Gasteiger partial charge in [-0.05, 0) is 49.2 Å². The molecule has 0 unspecified atom stereocenters. The summed E-state index contributed by atoms with van der Waals surface area (Å²) in [6, 6.07) is 15.7. The van der Waals surface area contributed by atoms with Crippen LogP contribution >= 0.6 is 23.2 Å². The summed E-state index contributed by atoms with van der Waals surface area (Å²) in [4.78, 5) is 15.4. The molecule has 0 bridgehead atoms. The Morgan fingerprint density at radius 2 is 1.38 bits per heavy atom. The fraction of sp³-hybridized carbons (Fsp3) is 0.350. The van der Waals surface area contributed by atoms with Gasteiger partial charge >= 0.3 is 6.09 Å². The lowest BCUT2D eigenvalue weighted by atomic mass is 9.94. The highest BCUT2D eigenvalue weighted by Crippen LogP contribution is 2.34. The average Bonchev–Trinajstić information content (AvgIpc) is 2.60. The first-order valence-corrected chi connectivity index (χ1v) is 9.38. The van der Waals surface area contributed by atoms with E-state index in [1.54, 1.807) is 0 Å². The van der Waals surface area contributed by atoms with E-state index in [9.17, 15) is 9.90 Å². The fourth-order valence-corrected chi connectivity index (χ4v) is 3.90. The Balaban J connectivity index is 1.99. The first kappa shape index (κ1) is 19.0. The summed E-state index contributed by atoms with van der Waals surface area (Å²) in [6.45, 7) is 5.16. The van der Waals surface area contributed by atoms with E-state index < -0.39 is 6.09 Å². The van der Waals surface area contributed by atoms with Crippen molar-refractivity contribution < 1.29 is 9.90 Å². The molecule has 1 fully saturated rings. The number of hydrogen-bond acceptors (Lipinski definition) is 2. The van der Waals surface area contributed by atoms with E-state index in [1.165, 1.54) is 4.90 Å². The van der Waals surface area contributed by atoms with Crippen LogP contribution in [0.15, 0.2) is 48.5 Å². The van der Waals surface area contributed by atoms with Gasteiger partial charge in [-0.3, -0.25) is 4.90 Å². The van der Waals surface area contributed by atoms with Gasteiger partial charge in [-0.2, -0.15) is 0 Å². The van der Waals surface area contributed by atoms with Gasteiger partial charge in [0.1, 0.15) is 0 Å². The summed E-state index contributed by atoms with van der Waals surface area (Å²) < 4.78 is 0. The van der Waals surface area contributed by atoms with Crippen LogP contribution in [0.1, 0.15) is 31.0 Å². The van der Waals surface area contributed by atoms with Crippen molar-refractivity contribution >= 4 is 29.3 Å². The van der Waals surface area contributed by atoms with Crippen LogP contribution < -0.4 is 0 Å². The number of benzene rings is 2. The van der Waals surface area contributed by atoms with Gasteiger partial charge in [-0.1, -0.05) is 47.5 Å².